The summed E-state index contributed by atoms with van der Waals surface area (Å²) in [5, 5.41) is 3.58. The number of alkyl halides is 5. The van der Waals surface area contributed by atoms with E-state index in [1.54, 1.807) is 24.3 Å². The second kappa shape index (κ2) is 9.77. The second-order valence-corrected chi connectivity index (χ2v) is 13.5. The maximum absolute atomic E-state index is 14.7. The average molecular weight is 549 g/mol. The summed E-state index contributed by atoms with van der Waals surface area (Å²) in [6.07, 6.45) is -10.4. The third-order valence-electron chi connectivity index (χ3n) is 5.36. The Morgan fingerprint density at radius 1 is 0.694 bits per heavy atom. The monoisotopic (exact) mass is 548 g/mol. The minimum Gasteiger partial charge on any atom is -0.378 e. The molecule has 196 valence electrons. The Hall–Kier alpha value is -2.47. The molecule has 1 atom stereocenters. The van der Waals surface area contributed by atoms with Crippen LogP contribution in [0.3, 0.4) is 0 Å². The summed E-state index contributed by atoms with van der Waals surface area (Å²) in [6.45, 7) is 5.82. The molecular weight excluding hydrogens is 523 g/mol. The van der Waals surface area contributed by atoms with E-state index in [1.165, 1.54) is 60.7 Å². The molecule has 4 nitrogen and oxygen atoms in total. The van der Waals surface area contributed by atoms with E-state index in [0.29, 0.717) is 0 Å². The molecule has 1 N–H and O–H groups in total. The predicted molar refractivity (Wildman–Crippen MR) is 127 cm³/mol. The SMILES string of the molecule is CC(C)(C)c1ccc(S(OS(=O)(=O)C(F)(F)C(O)C(F)(F)F)(c2ccccc2)c2ccccc2)cc1. The minimum atomic E-state index is -6.35. The standard InChI is InChI=1S/C25H25F5O4S2/c1-23(2,3)18-14-16-21(17-15-18)35(19-10-6-4-7-11-19,20-12-8-5-9-13-20)34-36(32,33)25(29,30)22(31)24(26,27)28/h4-17,22,31H,1-3H3. The molecule has 0 saturated heterocycles. The number of aliphatic hydroxyl groups is 1. The van der Waals surface area contributed by atoms with Gasteiger partial charge in [-0.1, -0.05) is 69.3 Å². The number of hydrogen-bond acceptors (Lipinski definition) is 4. The lowest BCUT2D eigenvalue weighted by Gasteiger charge is -2.40. The van der Waals surface area contributed by atoms with Crippen molar-refractivity contribution in [2.45, 2.75) is 58.4 Å². The molecule has 0 saturated carbocycles. The molecule has 0 aliphatic rings. The van der Waals surface area contributed by atoms with Gasteiger partial charge in [0.15, 0.2) is 0 Å². The quantitative estimate of drug-likeness (QED) is 0.322. The van der Waals surface area contributed by atoms with Crippen LogP contribution in [-0.4, -0.2) is 31.1 Å². The van der Waals surface area contributed by atoms with Gasteiger partial charge in [0, 0.05) is 14.7 Å². The number of rotatable bonds is 7. The van der Waals surface area contributed by atoms with E-state index < -0.39 is 38.0 Å². The normalized spacial score (nSPS) is 14.9. The van der Waals surface area contributed by atoms with Crippen molar-refractivity contribution < 1.29 is 39.1 Å². The van der Waals surface area contributed by atoms with Gasteiger partial charge in [0.25, 0.3) is 0 Å². The number of hydrogen-bond donors (Lipinski definition) is 1. The van der Waals surface area contributed by atoms with Gasteiger partial charge in [0.1, 0.15) is 0 Å². The van der Waals surface area contributed by atoms with Crippen molar-refractivity contribution >= 4 is 20.4 Å². The largest absolute Gasteiger partial charge is 0.421 e. The summed E-state index contributed by atoms with van der Waals surface area (Å²) < 4.78 is 99.4. The molecule has 0 spiro atoms. The third kappa shape index (κ3) is 5.29. The Bertz CT molecular complexity index is 1230. The molecule has 0 aromatic heterocycles. The smallest absolute Gasteiger partial charge is 0.378 e. The average Bonchev–Trinajstić information content (AvgIpc) is 2.82. The molecule has 3 aromatic rings. The van der Waals surface area contributed by atoms with Crippen molar-refractivity contribution in [2.75, 3.05) is 0 Å². The van der Waals surface area contributed by atoms with Crippen LogP contribution in [0, 0.1) is 0 Å². The van der Waals surface area contributed by atoms with Crippen LogP contribution in [-0.2, 0) is 19.2 Å². The second-order valence-electron chi connectivity index (χ2n) is 8.98. The van der Waals surface area contributed by atoms with Crippen LogP contribution >= 0.6 is 10.3 Å². The summed E-state index contributed by atoms with van der Waals surface area (Å²) in [5.41, 5.74) is 0.550. The summed E-state index contributed by atoms with van der Waals surface area (Å²) in [7, 11) is -9.91. The first-order chi connectivity index (χ1) is 16.5. The van der Waals surface area contributed by atoms with Gasteiger partial charge in [-0.2, -0.15) is 30.4 Å². The van der Waals surface area contributed by atoms with Gasteiger partial charge in [-0.3, -0.25) is 0 Å². The lowest BCUT2D eigenvalue weighted by atomic mass is 9.87. The van der Waals surface area contributed by atoms with E-state index in [0.717, 1.165) is 5.56 Å². The summed E-state index contributed by atoms with van der Waals surface area (Å²) in [5.74, 6) is 0. The highest BCUT2D eigenvalue weighted by Crippen LogP contribution is 2.70. The van der Waals surface area contributed by atoms with Gasteiger partial charge in [-0.05, 0) is 57.7 Å². The summed E-state index contributed by atoms with van der Waals surface area (Å²) in [6, 6.07) is 21.5. The molecule has 3 aromatic carbocycles. The zero-order chi connectivity index (χ0) is 27.0. The van der Waals surface area contributed by atoms with Crippen LogP contribution in [0.15, 0.2) is 99.6 Å². The molecule has 0 heterocycles. The van der Waals surface area contributed by atoms with Gasteiger partial charge >= 0.3 is 21.5 Å². The van der Waals surface area contributed by atoms with Crippen LogP contribution in [0.1, 0.15) is 26.3 Å². The van der Waals surface area contributed by atoms with Crippen molar-refractivity contribution in [3.05, 3.63) is 90.5 Å². The number of halogens is 5. The zero-order valence-electron chi connectivity index (χ0n) is 19.5. The molecular formula is C25H25F5O4S2. The van der Waals surface area contributed by atoms with Gasteiger partial charge in [0.05, 0.1) is 0 Å². The van der Waals surface area contributed by atoms with E-state index in [1.807, 2.05) is 20.8 Å². The molecule has 0 radical (unpaired) electrons. The Kier molecular flexibility index (Phi) is 7.63. The Morgan fingerprint density at radius 3 is 1.44 bits per heavy atom. The highest BCUT2D eigenvalue weighted by molar-refractivity contribution is 8.33. The molecule has 36 heavy (non-hydrogen) atoms. The highest BCUT2D eigenvalue weighted by atomic mass is 32.3. The van der Waals surface area contributed by atoms with Gasteiger partial charge in [-0.15, -0.1) is 0 Å². The lowest BCUT2D eigenvalue weighted by molar-refractivity contribution is -0.248. The molecule has 0 aliphatic carbocycles. The number of benzene rings is 3. The summed E-state index contributed by atoms with van der Waals surface area (Å²) in [4.78, 5) is 0.468. The maximum atomic E-state index is 14.7. The third-order valence-corrected chi connectivity index (χ3v) is 10.6. The van der Waals surface area contributed by atoms with Crippen LogP contribution in [0.2, 0.25) is 0 Å². The van der Waals surface area contributed by atoms with Crippen molar-refractivity contribution in [3.63, 3.8) is 0 Å². The van der Waals surface area contributed by atoms with Crippen molar-refractivity contribution in [1.82, 2.24) is 0 Å². The highest BCUT2D eigenvalue weighted by Gasteiger charge is 2.65. The Balaban J connectivity index is 2.34. The summed E-state index contributed by atoms with van der Waals surface area (Å²) >= 11 is 0. The van der Waals surface area contributed by atoms with Crippen LogP contribution < -0.4 is 0 Å². The van der Waals surface area contributed by atoms with Gasteiger partial charge < -0.3 is 5.11 Å². The van der Waals surface area contributed by atoms with Crippen molar-refractivity contribution in [3.8, 4) is 0 Å². The van der Waals surface area contributed by atoms with Crippen molar-refractivity contribution in [1.29, 1.82) is 0 Å². The van der Waals surface area contributed by atoms with Crippen LogP contribution in [0.4, 0.5) is 22.0 Å². The van der Waals surface area contributed by atoms with Gasteiger partial charge in [-0.25, -0.2) is 3.63 Å². The molecule has 0 amide bonds. The minimum absolute atomic E-state index is 0.153. The maximum Gasteiger partial charge on any atom is 0.421 e. The predicted octanol–water partition coefficient (Wildman–Crippen LogP) is 7.04. The van der Waals surface area contributed by atoms with E-state index in [2.05, 4.69) is 0 Å². The topological polar surface area (TPSA) is 63.6 Å². The number of aliphatic hydroxyl groups excluding tert-OH is 1. The van der Waals surface area contributed by atoms with E-state index in [9.17, 15) is 35.5 Å². The molecule has 3 rings (SSSR count). The fourth-order valence-corrected chi connectivity index (χ4v) is 8.61. The molecule has 11 heteroatoms. The van der Waals surface area contributed by atoms with Gasteiger partial charge in [0.2, 0.25) is 6.10 Å². The fourth-order valence-electron chi connectivity index (χ4n) is 3.40. The Morgan fingerprint density at radius 2 is 1.08 bits per heavy atom. The first kappa shape index (κ1) is 28.1. The van der Waals surface area contributed by atoms with Crippen molar-refractivity contribution in [2.24, 2.45) is 0 Å². The van der Waals surface area contributed by atoms with E-state index in [4.69, 9.17) is 3.63 Å². The molecule has 1 unspecified atom stereocenters. The lowest BCUT2D eigenvalue weighted by Crippen LogP contribution is -2.50. The van der Waals surface area contributed by atoms with Crippen LogP contribution in [0.25, 0.3) is 0 Å². The zero-order valence-corrected chi connectivity index (χ0v) is 21.2. The first-order valence-corrected chi connectivity index (χ1v) is 13.6. The van der Waals surface area contributed by atoms with Crippen LogP contribution in [0.5, 0.6) is 0 Å². The molecule has 0 bridgehead atoms. The molecule has 0 fully saturated rings. The Labute approximate surface area is 208 Å². The van der Waals surface area contributed by atoms with E-state index >= 15 is 0 Å². The fraction of sp³-hybridized carbons (Fsp3) is 0.280. The first-order valence-electron chi connectivity index (χ1n) is 10.7. The molecule has 0 aliphatic heterocycles. The van der Waals surface area contributed by atoms with E-state index in [-0.39, 0.29) is 20.1 Å².